The van der Waals surface area contributed by atoms with Gasteiger partial charge in [0.05, 0.1) is 0 Å². The molecule has 1 aliphatic rings. The first-order valence-corrected chi connectivity index (χ1v) is 6.45. The van der Waals surface area contributed by atoms with Crippen molar-refractivity contribution in [2.24, 2.45) is 0 Å². The number of benzene rings is 2. The normalized spacial score (nSPS) is 21.6. The molecule has 0 unspecified atom stereocenters. The molecule has 0 fully saturated rings. The van der Waals surface area contributed by atoms with Gasteiger partial charge in [0.15, 0.2) is 5.78 Å². The molecule has 90 valence electrons. The predicted octanol–water partition coefficient (Wildman–Crippen LogP) is 4.16. The van der Waals surface area contributed by atoms with Gasteiger partial charge in [-0.2, -0.15) is 0 Å². The minimum absolute atomic E-state index is 0.0404. The number of Topliss-reactive ketones (excluding diaryl/α,β-unsaturated/α-hetero) is 1. The number of fused-ring (bicyclic) bond motifs is 1. The number of hydrogen-bond acceptors (Lipinski definition) is 1. The Balaban J connectivity index is 1.98. The fraction of sp³-hybridized carbons (Fsp3) is 0.235. The van der Waals surface area contributed by atoms with Crippen molar-refractivity contribution in [2.45, 2.75) is 25.2 Å². The van der Waals surface area contributed by atoms with Crippen LogP contribution in [0, 0.1) is 0 Å². The highest BCUT2D eigenvalue weighted by Crippen LogP contribution is 2.42. The molecule has 1 aliphatic carbocycles. The van der Waals surface area contributed by atoms with E-state index < -0.39 is 0 Å². The molecule has 1 heteroatoms. The van der Waals surface area contributed by atoms with Crippen molar-refractivity contribution in [1.82, 2.24) is 0 Å². The van der Waals surface area contributed by atoms with E-state index in [1.165, 1.54) is 11.1 Å². The molecule has 2 atom stereocenters. The fourth-order valence-corrected chi connectivity index (χ4v) is 2.94. The van der Waals surface area contributed by atoms with Gasteiger partial charge in [0, 0.05) is 11.5 Å². The van der Waals surface area contributed by atoms with Gasteiger partial charge in [-0.25, -0.2) is 0 Å². The Labute approximate surface area is 107 Å². The Morgan fingerprint density at radius 1 is 0.944 bits per heavy atom. The lowest BCUT2D eigenvalue weighted by atomic mass is 9.92. The monoisotopic (exact) mass is 236 g/mol. The average Bonchev–Trinajstić information content (AvgIpc) is 2.77. The Hall–Kier alpha value is -1.89. The second-order valence-corrected chi connectivity index (χ2v) is 5.05. The van der Waals surface area contributed by atoms with E-state index in [0.29, 0.717) is 5.92 Å². The molecule has 2 aromatic carbocycles. The summed E-state index contributed by atoms with van der Waals surface area (Å²) >= 11 is 0. The van der Waals surface area contributed by atoms with E-state index >= 15 is 0 Å². The molecule has 0 aromatic heterocycles. The van der Waals surface area contributed by atoms with Crippen LogP contribution < -0.4 is 0 Å². The van der Waals surface area contributed by atoms with Crippen molar-refractivity contribution in [3.8, 4) is 0 Å². The standard InChI is InChI=1S/C17H16O/c1-12-11-16(15-10-6-5-9-14(12)15)17(18)13-7-3-2-4-8-13/h2-10,12,16H,11H2,1H3/t12-,16-/m0/s1. The molecule has 0 N–H and O–H groups in total. The third-order valence-electron chi connectivity index (χ3n) is 3.87. The summed E-state index contributed by atoms with van der Waals surface area (Å²) in [4.78, 5) is 12.6. The molecule has 0 bridgehead atoms. The van der Waals surface area contributed by atoms with Gasteiger partial charge in [-0.15, -0.1) is 0 Å². The van der Waals surface area contributed by atoms with Crippen LogP contribution in [0.2, 0.25) is 0 Å². The van der Waals surface area contributed by atoms with Gasteiger partial charge in [0.25, 0.3) is 0 Å². The summed E-state index contributed by atoms with van der Waals surface area (Å²) in [6, 6.07) is 18.0. The van der Waals surface area contributed by atoms with Gasteiger partial charge in [0.2, 0.25) is 0 Å². The summed E-state index contributed by atoms with van der Waals surface area (Å²) < 4.78 is 0. The maximum atomic E-state index is 12.6. The lowest BCUT2D eigenvalue weighted by Crippen LogP contribution is -2.10. The molecule has 2 aromatic rings. The van der Waals surface area contributed by atoms with Crippen LogP contribution in [-0.2, 0) is 0 Å². The lowest BCUT2D eigenvalue weighted by molar-refractivity contribution is 0.0957. The van der Waals surface area contributed by atoms with Crippen molar-refractivity contribution >= 4 is 5.78 Å². The van der Waals surface area contributed by atoms with Gasteiger partial charge in [0.1, 0.15) is 0 Å². The van der Waals surface area contributed by atoms with Crippen LogP contribution in [0.4, 0.5) is 0 Å². The molecule has 0 aliphatic heterocycles. The number of hydrogen-bond donors (Lipinski definition) is 0. The second-order valence-electron chi connectivity index (χ2n) is 5.05. The number of ketones is 1. The molecule has 3 rings (SSSR count). The van der Waals surface area contributed by atoms with Gasteiger partial charge in [-0.3, -0.25) is 4.79 Å². The summed E-state index contributed by atoms with van der Waals surface area (Å²) in [5.41, 5.74) is 3.39. The van der Waals surface area contributed by atoms with Crippen molar-refractivity contribution in [2.75, 3.05) is 0 Å². The van der Waals surface area contributed by atoms with Gasteiger partial charge < -0.3 is 0 Å². The number of rotatable bonds is 2. The summed E-state index contributed by atoms with van der Waals surface area (Å²) in [6.07, 6.45) is 0.938. The number of carbonyl (C=O) groups is 1. The highest BCUT2D eigenvalue weighted by molar-refractivity contribution is 6.01. The van der Waals surface area contributed by atoms with E-state index in [0.717, 1.165) is 12.0 Å². The fourth-order valence-electron chi connectivity index (χ4n) is 2.94. The van der Waals surface area contributed by atoms with Crippen LogP contribution in [0.3, 0.4) is 0 Å². The molecule has 0 heterocycles. The van der Waals surface area contributed by atoms with Crippen LogP contribution in [-0.4, -0.2) is 5.78 Å². The molecule has 0 radical (unpaired) electrons. The average molecular weight is 236 g/mol. The van der Waals surface area contributed by atoms with Crippen LogP contribution in [0.1, 0.15) is 46.7 Å². The molecular formula is C17H16O. The minimum Gasteiger partial charge on any atom is -0.293 e. The maximum absolute atomic E-state index is 12.6. The summed E-state index contributed by atoms with van der Waals surface area (Å²) in [5, 5.41) is 0. The SMILES string of the molecule is C[C@H]1C[C@H](C(=O)c2ccccc2)c2ccccc21. The first kappa shape index (κ1) is 11.2. The van der Waals surface area contributed by atoms with Crippen molar-refractivity contribution in [3.05, 3.63) is 71.3 Å². The van der Waals surface area contributed by atoms with E-state index in [9.17, 15) is 4.79 Å². The summed E-state index contributed by atoms with van der Waals surface area (Å²) in [6.45, 7) is 2.21. The smallest absolute Gasteiger partial charge is 0.170 e. The quantitative estimate of drug-likeness (QED) is 0.715. The first-order valence-electron chi connectivity index (χ1n) is 6.45. The number of carbonyl (C=O) groups excluding carboxylic acids is 1. The maximum Gasteiger partial charge on any atom is 0.170 e. The predicted molar refractivity (Wildman–Crippen MR) is 73.0 cm³/mol. The van der Waals surface area contributed by atoms with E-state index in [1.54, 1.807) is 0 Å². The topological polar surface area (TPSA) is 17.1 Å². The highest BCUT2D eigenvalue weighted by Gasteiger charge is 2.32. The van der Waals surface area contributed by atoms with E-state index in [-0.39, 0.29) is 11.7 Å². The molecule has 0 spiro atoms. The first-order chi connectivity index (χ1) is 8.77. The van der Waals surface area contributed by atoms with E-state index in [1.807, 2.05) is 36.4 Å². The minimum atomic E-state index is 0.0404. The Bertz CT molecular complexity index is 571. The third kappa shape index (κ3) is 1.76. The highest BCUT2D eigenvalue weighted by atomic mass is 16.1. The zero-order chi connectivity index (χ0) is 12.5. The van der Waals surface area contributed by atoms with E-state index in [2.05, 4.69) is 25.1 Å². The molecule has 1 nitrogen and oxygen atoms in total. The van der Waals surface area contributed by atoms with Crippen LogP contribution in [0.15, 0.2) is 54.6 Å². The van der Waals surface area contributed by atoms with Crippen molar-refractivity contribution in [3.63, 3.8) is 0 Å². The zero-order valence-corrected chi connectivity index (χ0v) is 10.5. The van der Waals surface area contributed by atoms with Crippen LogP contribution in [0.5, 0.6) is 0 Å². The van der Waals surface area contributed by atoms with Crippen LogP contribution in [0.25, 0.3) is 0 Å². The molecule has 0 amide bonds. The van der Waals surface area contributed by atoms with E-state index in [4.69, 9.17) is 0 Å². The lowest BCUT2D eigenvalue weighted by Gasteiger charge is -2.10. The van der Waals surface area contributed by atoms with Crippen molar-refractivity contribution in [1.29, 1.82) is 0 Å². The van der Waals surface area contributed by atoms with Gasteiger partial charge >= 0.3 is 0 Å². The molecule has 0 saturated carbocycles. The summed E-state index contributed by atoms with van der Waals surface area (Å²) in [7, 11) is 0. The van der Waals surface area contributed by atoms with Crippen LogP contribution >= 0.6 is 0 Å². The van der Waals surface area contributed by atoms with Crippen molar-refractivity contribution < 1.29 is 4.79 Å². The second kappa shape index (κ2) is 4.41. The molecule has 0 saturated heterocycles. The Kier molecular flexibility index (Phi) is 2.75. The Morgan fingerprint density at radius 3 is 2.28 bits per heavy atom. The zero-order valence-electron chi connectivity index (χ0n) is 10.5. The molecule has 18 heavy (non-hydrogen) atoms. The third-order valence-corrected chi connectivity index (χ3v) is 3.87. The van der Waals surface area contributed by atoms with Gasteiger partial charge in [-0.1, -0.05) is 61.5 Å². The largest absolute Gasteiger partial charge is 0.293 e. The molecular weight excluding hydrogens is 220 g/mol. The summed E-state index contributed by atoms with van der Waals surface area (Å²) in [5.74, 6) is 0.782. The Morgan fingerprint density at radius 2 is 1.56 bits per heavy atom. The van der Waals surface area contributed by atoms with Gasteiger partial charge in [-0.05, 0) is 23.5 Å².